The Balaban J connectivity index is 2.35. The van der Waals surface area contributed by atoms with Crippen molar-refractivity contribution < 1.29 is 14.3 Å². The van der Waals surface area contributed by atoms with Crippen molar-refractivity contribution in [2.45, 2.75) is 20.4 Å². The van der Waals surface area contributed by atoms with Gasteiger partial charge in [-0.2, -0.15) is 5.10 Å². The topological polar surface area (TPSA) is 66.3 Å². The average Bonchev–Trinajstić information content (AvgIpc) is 2.43. The summed E-state index contributed by atoms with van der Waals surface area (Å²) in [5, 5.41) is 17.4. The van der Waals surface area contributed by atoms with E-state index in [0.717, 1.165) is 5.56 Å². The lowest BCUT2D eigenvalue weighted by atomic mass is 10.1. The maximum Gasteiger partial charge on any atom is 0.339 e. The van der Waals surface area contributed by atoms with Crippen LogP contribution in [-0.2, 0) is 6.54 Å². The third-order valence-electron chi connectivity index (χ3n) is 3.34. The SMILES string of the molecule is Cc1nnc(N(C)Cc2ccc(F)cc2)c(C(=O)O)c1C. The molecule has 21 heavy (non-hydrogen) atoms. The van der Waals surface area contributed by atoms with Gasteiger partial charge < -0.3 is 10.0 Å². The molecule has 2 aromatic rings. The van der Waals surface area contributed by atoms with E-state index in [4.69, 9.17) is 0 Å². The molecule has 0 bridgehead atoms. The molecule has 0 saturated heterocycles. The molecule has 0 fully saturated rings. The Labute approximate surface area is 122 Å². The van der Waals surface area contributed by atoms with Crippen LogP contribution in [0.15, 0.2) is 24.3 Å². The summed E-state index contributed by atoms with van der Waals surface area (Å²) < 4.78 is 12.9. The van der Waals surface area contributed by atoms with Gasteiger partial charge >= 0.3 is 5.97 Å². The lowest BCUT2D eigenvalue weighted by Crippen LogP contribution is -2.22. The predicted molar refractivity (Wildman–Crippen MR) is 77.0 cm³/mol. The highest BCUT2D eigenvalue weighted by Crippen LogP contribution is 2.22. The number of carboxylic acid groups (broad SMARTS) is 1. The minimum atomic E-state index is -1.04. The second kappa shape index (κ2) is 5.87. The van der Waals surface area contributed by atoms with Crippen molar-refractivity contribution in [3.63, 3.8) is 0 Å². The van der Waals surface area contributed by atoms with E-state index >= 15 is 0 Å². The third-order valence-corrected chi connectivity index (χ3v) is 3.34. The number of rotatable bonds is 4. The molecule has 5 nitrogen and oxygen atoms in total. The molecule has 0 amide bonds. The van der Waals surface area contributed by atoms with Gasteiger partial charge in [0.05, 0.1) is 5.69 Å². The van der Waals surface area contributed by atoms with Gasteiger partial charge in [0.2, 0.25) is 0 Å². The zero-order valence-electron chi connectivity index (χ0n) is 12.1. The number of hydrogen-bond acceptors (Lipinski definition) is 4. The van der Waals surface area contributed by atoms with Crippen LogP contribution in [0.1, 0.15) is 27.2 Å². The molecule has 6 heteroatoms. The maximum absolute atomic E-state index is 12.9. The van der Waals surface area contributed by atoms with Crippen LogP contribution in [0.4, 0.5) is 10.2 Å². The highest BCUT2D eigenvalue weighted by Gasteiger charge is 2.20. The van der Waals surface area contributed by atoms with E-state index in [0.29, 0.717) is 23.6 Å². The van der Waals surface area contributed by atoms with E-state index in [9.17, 15) is 14.3 Å². The molecule has 1 N–H and O–H groups in total. The van der Waals surface area contributed by atoms with Gasteiger partial charge in [0.15, 0.2) is 5.82 Å². The molecule has 1 heterocycles. The van der Waals surface area contributed by atoms with Gasteiger partial charge in [-0.15, -0.1) is 5.10 Å². The predicted octanol–water partition coefficient (Wildman–Crippen LogP) is 2.57. The molecule has 1 aromatic heterocycles. The molecule has 0 aliphatic rings. The van der Waals surface area contributed by atoms with Crippen LogP contribution in [0, 0.1) is 19.7 Å². The first-order chi connectivity index (χ1) is 9.90. The lowest BCUT2D eigenvalue weighted by Gasteiger charge is -2.20. The van der Waals surface area contributed by atoms with E-state index in [2.05, 4.69) is 10.2 Å². The minimum absolute atomic E-state index is 0.145. The first-order valence-electron chi connectivity index (χ1n) is 6.43. The summed E-state index contributed by atoms with van der Waals surface area (Å²) in [5.74, 6) is -1.04. The molecule has 0 spiro atoms. The summed E-state index contributed by atoms with van der Waals surface area (Å²) in [7, 11) is 1.73. The minimum Gasteiger partial charge on any atom is -0.478 e. The maximum atomic E-state index is 12.9. The Morgan fingerprint density at radius 1 is 1.24 bits per heavy atom. The molecular formula is C15H16FN3O2. The zero-order valence-corrected chi connectivity index (χ0v) is 12.1. The Kier molecular flexibility index (Phi) is 4.16. The van der Waals surface area contributed by atoms with Crippen LogP contribution in [0.3, 0.4) is 0 Å². The standard InChI is InChI=1S/C15H16FN3O2/c1-9-10(2)17-18-14(13(9)15(20)21)19(3)8-11-4-6-12(16)7-5-11/h4-7H,8H2,1-3H3,(H,20,21). The van der Waals surface area contributed by atoms with Crippen LogP contribution in [-0.4, -0.2) is 28.3 Å². The molecule has 0 radical (unpaired) electrons. The molecule has 0 aliphatic heterocycles. The van der Waals surface area contributed by atoms with E-state index < -0.39 is 5.97 Å². The van der Waals surface area contributed by atoms with E-state index in [1.807, 2.05) is 0 Å². The monoisotopic (exact) mass is 289 g/mol. The number of benzene rings is 1. The van der Waals surface area contributed by atoms with Gasteiger partial charge in [0.1, 0.15) is 11.4 Å². The van der Waals surface area contributed by atoms with Gasteiger partial charge in [0.25, 0.3) is 0 Å². The van der Waals surface area contributed by atoms with Crippen LogP contribution >= 0.6 is 0 Å². The molecular weight excluding hydrogens is 273 g/mol. The second-order valence-corrected chi connectivity index (χ2v) is 4.90. The molecule has 2 rings (SSSR count). The van der Waals surface area contributed by atoms with Crippen LogP contribution in [0.25, 0.3) is 0 Å². The number of nitrogens with zero attached hydrogens (tertiary/aromatic N) is 3. The third kappa shape index (κ3) is 3.16. The number of aryl methyl sites for hydroxylation is 1. The van der Waals surface area contributed by atoms with E-state index in [1.165, 1.54) is 12.1 Å². The highest BCUT2D eigenvalue weighted by atomic mass is 19.1. The number of aromatic nitrogens is 2. The number of anilines is 1. The number of aromatic carboxylic acids is 1. The van der Waals surface area contributed by atoms with E-state index in [1.54, 1.807) is 37.9 Å². The van der Waals surface area contributed by atoms with Gasteiger partial charge in [0, 0.05) is 13.6 Å². The van der Waals surface area contributed by atoms with Gasteiger partial charge in [-0.3, -0.25) is 0 Å². The van der Waals surface area contributed by atoms with Crippen molar-refractivity contribution in [3.05, 3.63) is 52.5 Å². The van der Waals surface area contributed by atoms with E-state index in [-0.39, 0.29) is 11.4 Å². The van der Waals surface area contributed by atoms with Gasteiger partial charge in [-0.25, -0.2) is 9.18 Å². The Hall–Kier alpha value is -2.50. The van der Waals surface area contributed by atoms with Gasteiger partial charge in [-0.05, 0) is 37.1 Å². The average molecular weight is 289 g/mol. The molecule has 0 atom stereocenters. The molecule has 110 valence electrons. The summed E-state index contributed by atoms with van der Waals surface area (Å²) in [6.07, 6.45) is 0. The highest BCUT2D eigenvalue weighted by molar-refractivity contribution is 5.95. The largest absolute Gasteiger partial charge is 0.478 e. The second-order valence-electron chi connectivity index (χ2n) is 4.90. The summed E-state index contributed by atoms with van der Waals surface area (Å²) in [6, 6.07) is 6.04. The number of carbonyl (C=O) groups is 1. The van der Waals surface area contributed by atoms with Crippen molar-refractivity contribution in [2.75, 3.05) is 11.9 Å². The summed E-state index contributed by atoms with van der Waals surface area (Å²) in [5.41, 5.74) is 2.19. The van der Waals surface area contributed by atoms with Crippen molar-refractivity contribution in [1.29, 1.82) is 0 Å². The fourth-order valence-electron chi connectivity index (χ4n) is 2.06. The fraction of sp³-hybridized carbons (Fsp3) is 0.267. The first kappa shape index (κ1) is 14.9. The quantitative estimate of drug-likeness (QED) is 0.937. The normalized spacial score (nSPS) is 10.5. The Bertz CT molecular complexity index is 671. The summed E-state index contributed by atoms with van der Waals surface area (Å²) in [6.45, 7) is 3.85. The van der Waals surface area contributed by atoms with Crippen molar-refractivity contribution in [1.82, 2.24) is 10.2 Å². The lowest BCUT2D eigenvalue weighted by molar-refractivity contribution is 0.0696. The summed E-state index contributed by atoms with van der Waals surface area (Å²) >= 11 is 0. The smallest absolute Gasteiger partial charge is 0.339 e. The van der Waals surface area contributed by atoms with Crippen molar-refractivity contribution in [3.8, 4) is 0 Å². The van der Waals surface area contributed by atoms with Crippen LogP contribution in [0.5, 0.6) is 0 Å². The van der Waals surface area contributed by atoms with Gasteiger partial charge in [-0.1, -0.05) is 12.1 Å². The number of carboxylic acids is 1. The Morgan fingerprint density at radius 2 is 1.86 bits per heavy atom. The Morgan fingerprint density at radius 3 is 2.43 bits per heavy atom. The summed E-state index contributed by atoms with van der Waals surface area (Å²) in [4.78, 5) is 13.1. The van der Waals surface area contributed by atoms with Crippen molar-refractivity contribution in [2.24, 2.45) is 0 Å². The molecule has 1 aromatic carbocycles. The molecule has 0 aliphatic carbocycles. The molecule has 0 unspecified atom stereocenters. The number of halogens is 1. The van der Waals surface area contributed by atoms with Crippen LogP contribution in [0.2, 0.25) is 0 Å². The molecule has 0 saturated carbocycles. The van der Waals surface area contributed by atoms with Crippen molar-refractivity contribution >= 4 is 11.8 Å². The van der Waals surface area contributed by atoms with Crippen LogP contribution < -0.4 is 4.90 Å². The fourth-order valence-corrected chi connectivity index (χ4v) is 2.06. The number of hydrogen-bond donors (Lipinski definition) is 1. The first-order valence-corrected chi connectivity index (χ1v) is 6.43. The zero-order chi connectivity index (χ0) is 15.6.